The minimum Gasteiger partial charge on any atom is -0.454 e. The molecule has 1 atom stereocenters. The first kappa shape index (κ1) is 19.9. The molecule has 0 bridgehead atoms. The number of carbonyl (C=O) groups excluding carboxylic acids is 1. The summed E-state index contributed by atoms with van der Waals surface area (Å²) in [7, 11) is 0. The Morgan fingerprint density at radius 3 is 2.81 bits per heavy atom. The molecule has 3 aromatic rings. The van der Waals surface area contributed by atoms with Gasteiger partial charge in [0.1, 0.15) is 11.2 Å². The number of thiophene rings is 1. The predicted octanol–water partition coefficient (Wildman–Crippen LogP) is 2.40. The van der Waals surface area contributed by atoms with Gasteiger partial charge in [-0.25, -0.2) is 4.79 Å². The van der Waals surface area contributed by atoms with Crippen LogP contribution in [0.2, 0.25) is 0 Å². The van der Waals surface area contributed by atoms with Crippen molar-refractivity contribution in [3.8, 4) is 11.5 Å². The van der Waals surface area contributed by atoms with E-state index in [2.05, 4.69) is 0 Å². The van der Waals surface area contributed by atoms with E-state index in [1.165, 1.54) is 20.5 Å². The highest BCUT2D eigenvalue weighted by Gasteiger charge is 2.25. The number of hydrogen-bond donors (Lipinski definition) is 0. The van der Waals surface area contributed by atoms with Crippen LogP contribution in [0.25, 0.3) is 10.2 Å². The van der Waals surface area contributed by atoms with Crippen LogP contribution in [0.15, 0.2) is 39.2 Å². The maximum atomic E-state index is 13.3. The normalized spacial score (nSPS) is 18.0. The van der Waals surface area contributed by atoms with Gasteiger partial charge in [0.15, 0.2) is 11.5 Å². The Kier molecular flexibility index (Phi) is 5.05. The van der Waals surface area contributed by atoms with Crippen molar-refractivity contribution in [2.45, 2.75) is 45.3 Å². The monoisotopic (exact) mass is 441 g/mol. The molecule has 1 aromatic carbocycles. The number of benzene rings is 1. The smallest absolute Gasteiger partial charge is 0.332 e. The molecule has 1 saturated heterocycles. The van der Waals surface area contributed by atoms with E-state index in [4.69, 9.17) is 9.47 Å². The lowest BCUT2D eigenvalue weighted by Gasteiger charge is -2.33. The molecule has 0 radical (unpaired) electrons. The first-order chi connectivity index (χ1) is 15.0. The number of likely N-dealkylation sites (tertiary alicyclic amines) is 1. The van der Waals surface area contributed by atoms with Crippen LogP contribution in [0.3, 0.4) is 0 Å². The van der Waals surface area contributed by atoms with E-state index in [1.807, 2.05) is 17.9 Å². The Bertz CT molecular complexity index is 1270. The summed E-state index contributed by atoms with van der Waals surface area (Å²) in [5, 5.41) is 1.78. The van der Waals surface area contributed by atoms with Gasteiger partial charge < -0.3 is 14.4 Å². The number of rotatable bonds is 4. The van der Waals surface area contributed by atoms with Gasteiger partial charge in [0.25, 0.3) is 5.56 Å². The second-order valence-corrected chi connectivity index (χ2v) is 8.93. The summed E-state index contributed by atoms with van der Waals surface area (Å²) in [6.45, 7) is 2.93. The second kappa shape index (κ2) is 7.88. The zero-order chi connectivity index (χ0) is 21.5. The zero-order valence-corrected chi connectivity index (χ0v) is 18.0. The summed E-state index contributed by atoms with van der Waals surface area (Å²) in [6, 6.07) is 7.25. The van der Waals surface area contributed by atoms with Crippen molar-refractivity contribution >= 4 is 27.5 Å². The molecule has 1 fully saturated rings. The van der Waals surface area contributed by atoms with Crippen molar-refractivity contribution in [1.29, 1.82) is 0 Å². The van der Waals surface area contributed by atoms with Gasteiger partial charge in [-0.15, -0.1) is 11.3 Å². The zero-order valence-electron chi connectivity index (χ0n) is 17.2. The highest BCUT2D eigenvalue weighted by Crippen LogP contribution is 2.32. The fourth-order valence-corrected chi connectivity index (χ4v) is 5.19. The highest BCUT2D eigenvalue weighted by molar-refractivity contribution is 7.17. The van der Waals surface area contributed by atoms with E-state index in [0.717, 1.165) is 24.8 Å². The van der Waals surface area contributed by atoms with E-state index in [0.29, 0.717) is 28.3 Å². The van der Waals surface area contributed by atoms with Gasteiger partial charge in [-0.1, -0.05) is 6.07 Å². The molecule has 0 N–H and O–H groups in total. The predicted molar refractivity (Wildman–Crippen MR) is 117 cm³/mol. The minimum absolute atomic E-state index is 0.0716. The van der Waals surface area contributed by atoms with Crippen LogP contribution in [0, 0.1) is 0 Å². The number of amides is 1. The summed E-state index contributed by atoms with van der Waals surface area (Å²) in [5.41, 5.74) is 0.441. The Labute approximate surface area is 182 Å². The van der Waals surface area contributed by atoms with Crippen molar-refractivity contribution in [2.75, 3.05) is 13.3 Å². The molecule has 0 saturated carbocycles. The fourth-order valence-electron chi connectivity index (χ4n) is 4.34. The average molecular weight is 442 g/mol. The van der Waals surface area contributed by atoms with Crippen LogP contribution in [-0.4, -0.2) is 39.3 Å². The van der Waals surface area contributed by atoms with Crippen LogP contribution >= 0.6 is 11.3 Å². The Balaban J connectivity index is 1.53. The van der Waals surface area contributed by atoms with Crippen LogP contribution in [0.1, 0.15) is 31.7 Å². The SMILES string of the molecule is C[C@H]1CCCCN1C(=O)Cn1c(=O)n(Cc2ccc3c(c2)OCO3)c(=O)c2sccc21. The standard InChI is InChI=1S/C22H23N3O5S/c1-14-4-2-3-8-23(14)19(26)12-24-16-7-9-31-20(16)21(27)25(22(24)28)11-15-5-6-17-18(10-15)30-13-29-17/h5-7,9-10,14H,2-4,8,11-13H2,1H3/t14-/m0/s1. The van der Waals surface area contributed by atoms with Crippen molar-refractivity contribution in [2.24, 2.45) is 0 Å². The van der Waals surface area contributed by atoms with Gasteiger partial charge >= 0.3 is 5.69 Å². The van der Waals surface area contributed by atoms with Gasteiger partial charge in [0.05, 0.1) is 12.1 Å². The van der Waals surface area contributed by atoms with Gasteiger partial charge in [-0.3, -0.25) is 18.7 Å². The van der Waals surface area contributed by atoms with Crippen LogP contribution in [0.5, 0.6) is 11.5 Å². The number of piperidine rings is 1. The third-order valence-corrected chi connectivity index (χ3v) is 6.92. The number of hydrogen-bond acceptors (Lipinski definition) is 6. The topological polar surface area (TPSA) is 82.8 Å². The van der Waals surface area contributed by atoms with E-state index in [1.54, 1.807) is 23.6 Å². The third-order valence-electron chi connectivity index (χ3n) is 6.03. The van der Waals surface area contributed by atoms with E-state index < -0.39 is 5.69 Å². The summed E-state index contributed by atoms with van der Waals surface area (Å²) < 4.78 is 13.8. The van der Waals surface area contributed by atoms with Crippen molar-refractivity contribution < 1.29 is 14.3 Å². The number of aromatic nitrogens is 2. The van der Waals surface area contributed by atoms with E-state index in [9.17, 15) is 14.4 Å². The molecule has 5 rings (SSSR count). The molecular weight excluding hydrogens is 418 g/mol. The van der Waals surface area contributed by atoms with Gasteiger partial charge in [-0.2, -0.15) is 0 Å². The Morgan fingerprint density at radius 2 is 1.97 bits per heavy atom. The summed E-state index contributed by atoms with van der Waals surface area (Å²) in [6.07, 6.45) is 3.06. The lowest BCUT2D eigenvalue weighted by molar-refractivity contribution is -0.135. The molecule has 0 aliphatic carbocycles. The Hall–Kier alpha value is -3.07. The maximum Gasteiger partial charge on any atom is 0.332 e. The lowest BCUT2D eigenvalue weighted by Crippen LogP contribution is -2.47. The largest absolute Gasteiger partial charge is 0.454 e. The second-order valence-electron chi connectivity index (χ2n) is 8.01. The molecule has 2 aromatic heterocycles. The minimum atomic E-state index is -0.480. The summed E-state index contributed by atoms with van der Waals surface area (Å²) in [4.78, 5) is 41.3. The quantitative estimate of drug-likeness (QED) is 0.621. The molecule has 8 nitrogen and oxygen atoms in total. The van der Waals surface area contributed by atoms with Crippen molar-refractivity contribution in [3.63, 3.8) is 0 Å². The van der Waals surface area contributed by atoms with Crippen molar-refractivity contribution in [1.82, 2.24) is 14.0 Å². The Morgan fingerprint density at radius 1 is 1.13 bits per heavy atom. The molecule has 2 aliphatic rings. The number of nitrogens with zero attached hydrogens (tertiary/aromatic N) is 3. The molecule has 1 amide bonds. The first-order valence-electron chi connectivity index (χ1n) is 10.4. The number of ether oxygens (including phenoxy) is 2. The van der Waals surface area contributed by atoms with Gasteiger partial charge in [-0.05, 0) is 55.3 Å². The highest BCUT2D eigenvalue weighted by atomic mass is 32.1. The summed E-state index contributed by atoms with van der Waals surface area (Å²) >= 11 is 1.28. The van der Waals surface area contributed by atoms with Crippen LogP contribution in [-0.2, 0) is 17.9 Å². The molecule has 2 aliphatic heterocycles. The van der Waals surface area contributed by atoms with Gasteiger partial charge in [0, 0.05) is 12.6 Å². The molecule has 9 heteroatoms. The van der Waals surface area contributed by atoms with Gasteiger partial charge in [0.2, 0.25) is 12.7 Å². The number of carbonyl (C=O) groups is 1. The molecule has 4 heterocycles. The third kappa shape index (κ3) is 3.52. The molecule has 31 heavy (non-hydrogen) atoms. The van der Waals surface area contributed by atoms with Crippen LogP contribution in [0.4, 0.5) is 0 Å². The number of fused-ring (bicyclic) bond motifs is 2. The molecule has 0 unspecified atom stereocenters. The first-order valence-corrected chi connectivity index (χ1v) is 11.3. The van der Waals surface area contributed by atoms with Crippen molar-refractivity contribution in [3.05, 3.63) is 56.0 Å². The van der Waals surface area contributed by atoms with E-state index >= 15 is 0 Å². The van der Waals surface area contributed by atoms with Crippen LogP contribution < -0.4 is 20.7 Å². The van der Waals surface area contributed by atoms with E-state index in [-0.39, 0.29) is 37.4 Å². The fraction of sp³-hybridized carbons (Fsp3) is 0.409. The maximum absolute atomic E-state index is 13.3. The lowest BCUT2D eigenvalue weighted by atomic mass is 10.0. The molecule has 162 valence electrons. The molecule has 0 spiro atoms. The summed E-state index contributed by atoms with van der Waals surface area (Å²) in [5.74, 6) is 1.15. The molecular formula is C22H23N3O5S. The average Bonchev–Trinajstić information content (AvgIpc) is 3.43.